The zero-order valence-corrected chi connectivity index (χ0v) is 14.1. The molecule has 7 nitrogen and oxygen atoms in total. The average molecular weight is 372 g/mol. The van der Waals surface area contributed by atoms with Gasteiger partial charge in [0, 0.05) is 17.7 Å². The molecule has 132 valence electrons. The molecule has 0 saturated carbocycles. The third-order valence-electron chi connectivity index (χ3n) is 3.57. The van der Waals surface area contributed by atoms with Crippen molar-refractivity contribution in [3.05, 3.63) is 75.6 Å². The molecule has 26 heavy (non-hydrogen) atoms. The second-order valence-corrected chi connectivity index (χ2v) is 6.59. The summed E-state index contributed by atoms with van der Waals surface area (Å²) in [4.78, 5) is 22.4. The lowest BCUT2D eigenvalue weighted by atomic mass is 10.1. The number of hydrogen-bond acceptors (Lipinski definition) is 6. The summed E-state index contributed by atoms with van der Waals surface area (Å²) >= 11 is 1.18. The summed E-state index contributed by atoms with van der Waals surface area (Å²) in [5.41, 5.74) is 0.955. The third-order valence-corrected chi connectivity index (χ3v) is 4.64. The highest BCUT2D eigenvalue weighted by molar-refractivity contribution is 8.15. The van der Waals surface area contributed by atoms with Gasteiger partial charge in [-0.15, -0.1) is 5.10 Å². The van der Waals surface area contributed by atoms with Gasteiger partial charge in [0.1, 0.15) is 5.82 Å². The number of halogens is 1. The maximum absolute atomic E-state index is 13.5. The van der Waals surface area contributed by atoms with Gasteiger partial charge in [0.05, 0.1) is 16.4 Å². The number of hydrogen-bond donors (Lipinski definition) is 1. The van der Waals surface area contributed by atoms with Gasteiger partial charge in [0.15, 0.2) is 5.17 Å². The lowest BCUT2D eigenvalue weighted by molar-refractivity contribution is -0.384. The van der Waals surface area contributed by atoms with E-state index in [9.17, 15) is 19.3 Å². The van der Waals surface area contributed by atoms with Gasteiger partial charge >= 0.3 is 0 Å². The topological polar surface area (TPSA) is 97.0 Å². The molecule has 1 aliphatic rings. The smallest absolute Gasteiger partial charge is 0.269 e. The number of carbonyl (C=O) groups is 1. The Balaban J connectivity index is 1.66. The molecule has 0 radical (unpaired) electrons. The molecule has 1 amide bonds. The number of rotatable bonds is 5. The Bertz CT molecular complexity index is 916. The fourth-order valence-corrected chi connectivity index (χ4v) is 3.29. The van der Waals surface area contributed by atoms with E-state index < -0.39 is 16.0 Å². The molecular weight excluding hydrogens is 359 g/mol. The number of carbonyl (C=O) groups excluding carboxylic acids is 1. The largest absolute Gasteiger partial charge is 0.303 e. The van der Waals surface area contributed by atoms with Crippen LogP contribution in [0.2, 0.25) is 0 Å². The van der Waals surface area contributed by atoms with Crippen LogP contribution in [0.5, 0.6) is 0 Å². The number of benzene rings is 2. The maximum Gasteiger partial charge on any atom is 0.269 e. The quantitative estimate of drug-likeness (QED) is 0.496. The first kappa shape index (κ1) is 17.7. The van der Waals surface area contributed by atoms with Crippen molar-refractivity contribution in [3.63, 3.8) is 0 Å². The standard InChI is InChI=1S/C17H13FN4O3S/c18-14-7-2-1-5-12(14)10-19-21-17-20-16(23)15(26-17)9-11-4-3-6-13(8-11)22(24)25/h1-8,10,15H,9H2,(H,20,21,23)/b19-10-/t15-/m1/s1. The molecule has 2 aromatic carbocycles. The molecule has 1 atom stereocenters. The van der Waals surface area contributed by atoms with Gasteiger partial charge in [0.2, 0.25) is 5.91 Å². The number of nitro benzene ring substituents is 1. The summed E-state index contributed by atoms with van der Waals surface area (Å²) in [7, 11) is 0. The first-order valence-electron chi connectivity index (χ1n) is 7.59. The molecule has 9 heteroatoms. The summed E-state index contributed by atoms with van der Waals surface area (Å²) in [5.74, 6) is -0.663. The van der Waals surface area contributed by atoms with Crippen LogP contribution in [0.4, 0.5) is 10.1 Å². The summed E-state index contributed by atoms with van der Waals surface area (Å²) in [6.07, 6.45) is 1.59. The molecule has 1 fully saturated rings. The predicted octanol–water partition coefficient (Wildman–Crippen LogP) is 2.90. The minimum Gasteiger partial charge on any atom is -0.303 e. The lowest BCUT2D eigenvalue weighted by Crippen LogP contribution is -2.25. The van der Waals surface area contributed by atoms with Gasteiger partial charge in [-0.25, -0.2) is 4.39 Å². The van der Waals surface area contributed by atoms with Crippen LogP contribution in [0.25, 0.3) is 0 Å². The molecule has 1 aliphatic heterocycles. The van der Waals surface area contributed by atoms with Crippen LogP contribution in [0.1, 0.15) is 11.1 Å². The first-order valence-corrected chi connectivity index (χ1v) is 8.47. The van der Waals surface area contributed by atoms with Gasteiger partial charge in [-0.2, -0.15) is 5.10 Å². The monoisotopic (exact) mass is 372 g/mol. The number of amides is 1. The van der Waals surface area contributed by atoms with Crippen molar-refractivity contribution >= 4 is 34.7 Å². The van der Waals surface area contributed by atoms with E-state index in [-0.39, 0.29) is 11.6 Å². The molecule has 2 aromatic rings. The minimum atomic E-state index is -0.477. The maximum atomic E-state index is 13.5. The van der Waals surface area contributed by atoms with Gasteiger partial charge in [-0.1, -0.05) is 42.1 Å². The molecule has 0 aliphatic carbocycles. The highest BCUT2D eigenvalue weighted by Crippen LogP contribution is 2.24. The zero-order chi connectivity index (χ0) is 18.5. The number of nitrogens with zero attached hydrogens (tertiary/aromatic N) is 3. The third kappa shape index (κ3) is 4.31. The van der Waals surface area contributed by atoms with Crippen molar-refractivity contribution in [2.75, 3.05) is 0 Å². The van der Waals surface area contributed by atoms with Gasteiger partial charge < -0.3 is 5.32 Å². The van der Waals surface area contributed by atoms with Crippen LogP contribution < -0.4 is 5.32 Å². The van der Waals surface area contributed by atoms with Crippen molar-refractivity contribution in [3.8, 4) is 0 Å². The summed E-state index contributed by atoms with van der Waals surface area (Å²) in [6.45, 7) is 0. The van der Waals surface area contributed by atoms with E-state index >= 15 is 0 Å². The second-order valence-electron chi connectivity index (χ2n) is 5.40. The Kier molecular flexibility index (Phi) is 5.37. The highest BCUT2D eigenvalue weighted by atomic mass is 32.2. The molecule has 1 heterocycles. The molecular formula is C17H13FN4O3S. The molecule has 0 aromatic heterocycles. The number of nitrogens with one attached hydrogen (secondary N) is 1. The first-order chi connectivity index (χ1) is 12.5. The van der Waals surface area contributed by atoms with Gasteiger partial charge in [0.25, 0.3) is 5.69 Å². The molecule has 3 rings (SSSR count). The van der Waals surface area contributed by atoms with Crippen LogP contribution in [-0.2, 0) is 11.2 Å². The average Bonchev–Trinajstić information content (AvgIpc) is 2.96. The van der Waals surface area contributed by atoms with E-state index in [0.717, 1.165) is 0 Å². The molecule has 1 saturated heterocycles. The summed E-state index contributed by atoms with van der Waals surface area (Å²) in [5, 5.41) is 21.0. The highest BCUT2D eigenvalue weighted by Gasteiger charge is 2.30. The van der Waals surface area contributed by atoms with E-state index in [0.29, 0.717) is 22.7 Å². The summed E-state index contributed by atoms with van der Waals surface area (Å²) in [6, 6.07) is 12.3. The van der Waals surface area contributed by atoms with Crippen molar-refractivity contribution in [1.29, 1.82) is 0 Å². The molecule has 0 bridgehead atoms. The van der Waals surface area contributed by atoms with Gasteiger partial charge in [-0.3, -0.25) is 14.9 Å². The normalized spacial score (nSPS) is 18.4. The van der Waals surface area contributed by atoms with E-state index in [4.69, 9.17) is 0 Å². The SMILES string of the molecule is O=C1N/C(=N/N=C\c2ccccc2F)S[C@@H]1Cc1cccc([N+](=O)[O-])c1. The summed E-state index contributed by atoms with van der Waals surface area (Å²) < 4.78 is 13.5. The Morgan fingerprint density at radius 1 is 1.27 bits per heavy atom. The Hall–Kier alpha value is -3.07. The fourth-order valence-electron chi connectivity index (χ4n) is 2.32. The van der Waals surface area contributed by atoms with Gasteiger partial charge in [-0.05, 0) is 18.1 Å². The van der Waals surface area contributed by atoms with E-state index in [2.05, 4.69) is 15.5 Å². The molecule has 1 N–H and O–H groups in total. The second kappa shape index (κ2) is 7.87. The van der Waals surface area contributed by atoms with Crippen LogP contribution in [0.15, 0.2) is 58.7 Å². The van der Waals surface area contributed by atoms with E-state index in [1.807, 2.05) is 0 Å². The Morgan fingerprint density at radius 2 is 2.08 bits per heavy atom. The Labute approximate surface area is 152 Å². The Morgan fingerprint density at radius 3 is 2.85 bits per heavy atom. The molecule has 0 spiro atoms. The van der Waals surface area contributed by atoms with Crippen LogP contribution in [0.3, 0.4) is 0 Å². The number of thioether (sulfide) groups is 1. The number of amidine groups is 1. The van der Waals surface area contributed by atoms with E-state index in [1.165, 1.54) is 36.2 Å². The zero-order valence-electron chi connectivity index (χ0n) is 13.3. The van der Waals surface area contributed by atoms with E-state index in [1.54, 1.807) is 30.3 Å². The van der Waals surface area contributed by atoms with Crippen LogP contribution in [-0.4, -0.2) is 27.5 Å². The van der Waals surface area contributed by atoms with Crippen LogP contribution >= 0.6 is 11.8 Å². The van der Waals surface area contributed by atoms with Crippen molar-refractivity contribution in [2.24, 2.45) is 10.2 Å². The van der Waals surface area contributed by atoms with Crippen molar-refractivity contribution in [2.45, 2.75) is 11.7 Å². The van der Waals surface area contributed by atoms with Crippen molar-refractivity contribution < 1.29 is 14.1 Å². The van der Waals surface area contributed by atoms with Crippen molar-refractivity contribution in [1.82, 2.24) is 5.32 Å². The lowest BCUT2D eigenvalue weighted by Gasteiger charge is -2.04. The molecule has 0 unspecified atom stereocenters. The number of nitro groups is 1. The fraction of sp³-hybridized carbons (Fsp3) is 0.118. The number of non-ortho nitro benzene ring substituents is 1. The minimum absolute atomic E-state index is 0.0192. The predicted molar refractivity (Wildman–Crippen MR) is 97.8 cm³/mol. The van der Waals surface area contributed by atoms with Crippen LogP contribution in [0, 0.1) is 15.9 Å².